The van der Waals surface area contributed by atoms with Crippen LogP contribution in [0.15, 0.2) is 91.4 Å². The Balaban J connectivity index is 1.36. The molecular formula is C31H31N7O5. The zero-order chi connectivity index (χ0) is 29.8. The molecule has 0 saturated carbocycles. The molecule has 1 saturated heterocycles. The SMILES string of the molecule is O=C(NCc1ccccn1)c1nc(NCC(c2ccccc2)c2ccccc2)c2ncn([C@@H]3O[C@H](CO)[C@@H](O)[C@H]3O)c2n1. The molecule has 43 heavy (non-hydrogen) atoms. The van der Waals surface area contributed by atoms with Crippen molar-refractivity contribution in [1.29, 1.82) is 0 Å². The quantitative estimate of drug-likeness (QED) is 0.165. The predicted octanol–water partition coefficient (Wildman–Crippen LogP) is 2.01. The molecule has 220 valence electrons. The van der Waals surface area contributed by atoms with Crippen LogP contribution in [0.2, 0.25) is 0 Å². The minimum atomic E-state index is -1.36. The zero-order valence-electron chi connectivity index (χ0n) is 23.1. The molecule has 2 aromatic carbocycles. The summed E-state index contributed by atoms with van der Waals surface area (Å²) in [5.41, 5.74) is 3.42. The Morgan fingerprint density at radius 1 is 0.907 bits per heavy atom. The first-order chi connectivity index (χ1) is 21.0. The second-order valence-electron chi connectivity index (χ2n) is 10.2. The average Bonchev–Trinajstić information content (AvgIpc) is 3.61. The van der Waals surface area contributed by atoms with E-state index in [9.17, 15) is 20.1 Å². The van der Waals surface area contributed by atoms with Gasteiger partial charge in [0.15, 0.2) is 23.2 Å². The Bertz CT molecular complexity index is 1630. The number of imidazole rings is 1. The van der Waals surface area contributed by atoms with E-state index in [1.54, 1.807) is 18.3 Å². The normalized spacial score (nSPS) is 20.0. The largest absolute Gasteiger partial charge is 0.394 e. The van der Waals surface area contributed by atoms with E-state index in [1.165, 1.54) is 10.9 Å². The summed E-state index contributed by atoms with van der Waals surface area (Å²) in [6.45, 7) is 0.114. The number of rotatable bonds is 10. The molecule has 0 unspecified atom stereocenters. The fourth-order valence-corrected chi connectivity index (χ4v) is 5.19. The molecule has 1 fully saturated rings. The fourth-order valence-electron chi connectivity index (χ4n) is 5.19. The number of carbonyl (C=O) groups is 1. The molecule has 1 aliphatic rings. The summed E-state index contributed by atoms with van der Waals surface area (Å²) < 4.78 is 7.17. The second-order valence-corrected chi connectivity index (χ2v) is 10.2. The molecule has 1 amide bonds. The van der Waals surface area contributed by atoms with E-state index >= 15 is 0 Å². The van der Waals surface area contributed by atoms with Crippen molar-refractivity contribution < 1.29 is 24.9 Å². The maximum atomic E-state index is 13.3. The van der Waals surface area contributed by atoms with E-state index in [0.29, 0.717) is 23.6 Å². The summed E-state index contributed by atoms with van der Waals surface area (Å²) in [4.78, 5) is 31.1. The standard InChI is InChI=1S/C31H31N7O5/c39-17-23-25(40)26(41)31(43-23)38-18-35-24-27(33-16-22(19-9-3-1-4-10-19)20-11-5-2-6-12-20)36-28(37-29(24)38)30(42)34-15-21-13-7-8-14-32-21/h1-14,18,22-23,25-26,31,39-41H,15-17H2,(H,34,42)(H,33,36,37)/t23-,25-,26-,31-/m1/s1. The van der Waals surface area contributed by atoms with Crippen LogP contribution in [0.4, 0.5) is 5.82 Å². The molecule has 4 atom stereocenters. The van der Waals surface area contributed by atoms with E-state index in [0.717, 1.165) is 11.1 Å². The molecule has 0 bridgehead atoms. The lowest BCUT2D eigenvalue weighted by molar-refractivity contribution is -0.0511. The number of ether oxygens (including phenoxy) is 1. The number of carbonyl (C=O) groups excluding carboxylic acids is 1. The van der Waals surface area contributed by atoms with Gasteiger partial charge in [0, 0.05) is 18.7 Å². The summed E-state index contributed by atoms with van der Waals surface area (Å²) in [5, 5.41) is 36.8. The van der Waals surface area contributed by atoms with Crippen LogP contribution in [0.25, 0.3) is 11.2 Å². The maximum Gasteiger partial charge on any atom is 0.289 e. The number of fused-ring (bicyclic) bond motifs is 1. The molecule has 0 radical (unpaired) electrons. The lowest BCUT2D eigenvalue weighted by Crippen LogP contribution is -2.33. The molecule has 0 aliphatic carbocycles. The van der Waals surface area contributed by atoms with Crippen LogP contribution in [0, 0.1) is 0 Å². The molecule has 4 heterocycles. The summed E-state index contributed by atoms with van der Waals surface area (Å²) in [7, 11) is 0. The predicted molar refractivity (Wildman–Crippen MR) is 157 cm³/mol. The first-order valence-corrected chi connectivity index (χ1v) is 13.9. The van der Waals surface area contributed by atoms with Crippen LogP contribution in [0.5, 0.6) is 0 Å². The van der Waals surface area contributed by atoms with Crippen molar-refractivity contribution >= 4 is 22.9 Å². The number of aliphatic hydroxyl groups is 3. The highest BCUT2D eigenvalue weighted by Crippen LogP contribution is 2.33. The van der Waals surface area contributed by atoms with Crippen molar-refractivity contribution in [2.45, 2.75) is 37.0 Å². The number of hydrogen-bond donors (Lipinski definition) is 5. The van der Waals surface area contributed by atoms with Gasteiger partial charge in [0.1, 0.15) is 18.3 Å². The van der Waals surface area contributed by atoms with Crippen LogP contribution >= 0.6 is 0 Å². The second kappa shape index (κ2) is 12.6. The number of anilines is 1. The van der Waals surface area contributed by atoms with Gasteiger partial charge in [0.05, 0.1) is 25.2 Å². The van der Waals surface area contributed by atoms with E-state index in [2.05, 4.69) is 54.8 Å². The Labute approximate surface area is 247 Å². The Morgan fingerprint density at radius 2 is 1.60 bits per heavy atom. The average molecular weight is 582 g/mol. The molecular weight excluding hydrogens is 550 g/mol. The smallest absolute Gasteiger partial charge is 0.289 e. The third-order valence-electron chi connectivity index (χ3n) is 7.45. The van der Waals surface area contributed by atoms with E-state index in [-0.39, 0.29) is 23.9 Å². The minimum Gasteiger partial charge on any atom is -0.394 e. The summed E-state index contributed by atoms with van der Waals surface area (Å²) in [5.74, 6) is -0.394. The fraction of sp³-hybridized carbons (Fsp3) is 0.258. The third kappa shape index (κ3) is 5.94. The summed E-state index contributed by atoms with van der Waals surface area (Å²) in [6.07, 6.45) is -1.71. The number of benzene rings is 2. The number of amides is 1. The van der Waals surface area contributed by atoms with Gasteiger partial charge in [-0.1, -0.05) is 66.7 Å². The van der Waals surface area contributed by atoms with Crippen molar-refractivity contribution in [3.05, 3.63) is 114 Å². The lowest BCUT2D eigenvalue weighted by Gasteiger charge is -2.20. The van der Waals surface area contributed by atoms with Gasteiger partial charge in [-0.2, -0.15) is 0 Å². The monoisotopic (exact) mass is 581 g/mol. The molecule has 0 spiro atoms. The van der Waals surface area contributed by atoms with Gasteiger partial charge < -0.3 is 30.7 Å². The van der Waals surface area contributed by atoms with Gasteiger partial charge in [-0.15, -0.1) is 0 Å². The molecule has 5 N–H and O–H groups in total. The van der Waals surface area contributed by atoms with Crippen molar-refractivity contribution in [1.82, 2.24) is 29.8 Å². The van der Waals surface area contributed by atoms with Crippen LogP contribution in [0.3, 0.4) is 0 Å². The molecule has 1 aliphatic heterocycles. The highest BCUT2D eigenvalue weighted by Gasteiger charge is 2.44. The van der Waals surface area contributed by atoms with Crippen molar-refractivity contribution in [3.63, 3.8) is 0 Å². The van der Waals surface area contributed by atoms with Gasteiger partial charge >= 0.3 is 0 Å². The van der Waals surface area contributed by atoms with Crippen LogP contribution in [-0.4, -0.2) is 77.2 Å². The van der Waals surface area contributed by atoms with Gasteiger partial charge in [-0.05, 0) is 23.3 Å². The zero-order valence-corrected chi connectivity index (χ0v) is 23.1. The molecule has 12 heteroatoms. The maximum absolute atomic E-state index is 13.3. The van der Waals surface area contributed by atoms with Gasteiger partial charge in [0.25, 0.3) is 5.91 Å². The third-order valence-corrected chi connectivity index (χ3v) is 7.45. The van der Waals surface area contributed by atoms with Gasteiger partial charge in [-0.3, -0.25) is 14.3 Å². The number of aliphatic hydroxyl groups excluding tert-OH is 3. The first-order valence-electron chi connectivity index (χ1n) is 13.9. The topological polar surface area (TPSA) is 168 Å². The van der Waals surface area contributed by atoms with Crippen molar-refractivity contribution in [3.8, 4) is 0 Å². The van der Waals surface area contributed by atoms with E-state index in [4.69, 9.17) is 4.74 Å². The van der Waals surface area contributed by atoms with Gasteiger partial charge in [0.2, 0.25) is 5.82 Å². The van der Waals surface area contributed by atoms with Crippen LogP contribution in [-0.2, 0) is 11.3 Å². The molecule has 5 aromatic rings. The van der Waals surface area contributed by atoms with Gasteiger partial charge in [-0.25, -0.2) is 15.0 Å². The number of aromatic nitrogens is 5. The highest BCUT2D eigenvalue weighted by molar-refractivity contribution is 5.94. The van der Waals surface area contributed by atoms with Crippen molar-refractivity contribution in [2.75, 3.05) is 18.5 Å². The Morgan fingerprint density at radius 3 is 2.23 bits per heavy atom. The number of nitrogens with one attached hydrogen (secondary N) is 2. The summed E-state index contributed by atoms with van der Waals surface area (Å²) >= 11 is 0. The highest BCUT2D eigenvalue weighted by atomic mass is 16.6. The molecule has 3 aromatic heterocycles. The van der Waals surface area contributed by atoms with Crippen LogP contribution < -0.4 is 10.6 Å². The van der Waals surface area contributed by atoms with Crippen molar-refractivity contribution in [2.24, 2.45) is 0 Å². The molecule has 12 nitrogen and oxygen atoms in total. The van der Waals surface area contributed by atoms with E-state index < -0.39 is 37.1 Å². The first kappa shape index (κ1) is 28.4. The van der Waals surface area contributed by atoms with E-state index in [1.807, 2.05) is 42.5 Å². The minimum absolute atomic E-state index is 0.0450. The van der Waals surface area contributed by atoms with Crippen LogP contribution in [0.1, 0.15) is 39.6 Å². The summed E-state index contributed by atoms with van der Waals surface area (Å²) in [6, 6.07) is 25.5. The lowest BCUT2D eigenvalue weighted by atomic mass is 9.91. The Kier molecular flexibility index (Phi) is 8.34. The Hall–Kier alpha value is -4.75. The number of nitrogens with zero attached hydrogens (tertiary/aromatic N) is 5. The molecule has 6 rings (SSSR count). The number of pyridine rings is 1. The number of hydrogen-bond acceptors (Lipinski definition) is 10.